The van der Waals surface area contributed by atoms with E-state index < -0.39 is 0 Å². The van der Waals surface area contributed by atoms with Crippen molar-refractivity contribution in [2.45, 2.75) is 38.5 Å². The van der Waals surface area contributed by atoms with Gasteiger partial charge in [0.1, 0.15) is 0 Å². The summed E-state index contributed by atoms with van der Waals surface area (Å²) in [7, 11) is 1.71. The minimum atomic E-state index is 0.0552. The highest BCUT2D eigenvalue weighted by Crippen LogP contribution is 2.08. The van der Waals surface area contributed by atoms with Crippen molar-refractivity contribution in [3.8, 4) is 0 Å². The molecule has 0 aromatic rings. The molecule has 0 atom stereocenters. The Bertz CT molecular complexity index is 275. The number of carbonyl (C=O) groups is 2. The molecule has 0 bridgehead atoms. The van der Waals surface area contributed by atoms with E-state index in [1.54, 1.807) is 11.9 Å². The van der Waals surface area contributed by atoms with Gasteiger partial charge in [0.15, 0.2) is 0 Å². The maximum Gasteiger partial charge on any atom is 0.242 e. The molecule has 1 fully saturated rings. The number of unbranched alkanes of at least 4 members (excludes halogenated alkanes) is 2. The van der Waals surface area contributed by atoms with Crippen LogP contribution in [0.2, 0.25) is 0 Å². The van der Waals surface area contributed by atoms with E-state index in [1.807, 2.05) is 4.90 Å². The van der Waals surface area contributed by atoms with Crippen molar-refractivity contribution in [1.29, 1.82) is 0 Å². The minimum absolute atomic E-state index is 0.0552. The first kappa shape index (κ1) is 15.0. The Labute approximate surface area is 109 Å². The smallest absolute Gasteiger partial charge is 0.242 e. The average molecular weight is 255 g/mol. The fourth-order valence-corrected chi connectivity index (χ4v) is 2.15. The fraction of sp³-hybridized carbons (Fsp3) is 0.846. The number of carbonyl (C=O) groups excluding carboxylic acids is 2. The van der Waals surface area contributed by atoms with Crippen molar-refractivity contribution < 1.29 is 9.59 Å². The molecule has 18 heavy (non-hydrogen) atoms. The SMILES string of the molecule is CN(CC(=O)N1CCCC1)C(=O)CCCCCN. The number of hydrogen-bond donors (Lipinski definition) is 1. The molecule has 2 amide bonds. The average Bonchev–Trinajstić information content (AvgIpc) is 2.88. The lowest BCUT2D eigenvalue weighted by Gasteiger charge is -2.21. The van der Waals surface area contributed by atoms with Crippen LogP contribution in [0.3, 0.4) is 0 Å². The van der Waals surface area contributed by atoms with Gasteiger partial charge in [0, 0.05) is 26.6 Å². The Balaban J connectivity index is 2.19. The molecule has 0 unspecified atom stereocenters. The van der Waals surface area contributed by atoms with Gasteiger partial charge in [-0.3, -0.25) is 9.59 Å². The van der Waals surface area contributed by atoms with Gasteiger partial charge in [0.25, 0.3) is 0 Å². The number of nitrogens with zero attached hydrogens (tertiary/aromatic N) is 2. The lowest BCUT2D eigenvalue weighted by Crippen LogP contribution is -2.39. The molecule has 0 aliphatic carbocycles. The molecule has 5 nitrogen and oxygen atoms in total. The number of likely N-dealkylation sites (tertiary alicyclic amines) is 1. The van der Waals surface area contributed by atoms with E-state index in [2.05, 4.69) is 0 Å². The topological polar surface area (TPSA) is 66.6 Å². The molecule has 0 spiro atoms. The summed E-state index contributed by atoms with van der Waals surface area (Å²) in [5.41, 5.74) is 5.40. The van der Waals surface area contributed by atoms with Gasteiger partial charge in [-0.1, -0.05) is 6.42 Å². The normalized spacial score (nSPS) is 14.9. The zero-order chi connectivity index (χ0) is 13.4. The van der Waals surface area contributed by atoms with E-state index in [0.29, 0.717) is 13.0 Å². The Morgan fingerprint density at radius 2 is 1.83 bits per heavy atom. The molecule has 0 aromatic carbocycles. The maximum atomic E-state index is 11.9. The molecule has 1 rings (SSSR count). The number of likely N-dealkylation sites (N-methyl/N-ethyl adjacent to an activating group) is 1. The molecule has 104 valence electrons. The first-order valence-electron chi connectivity index (χ1n) is 6.87. The first-order chi connectivity index (χ1) is 8.65. The highest BCUT2D eigenvalue weighted by Gasteiger charge is 2.20. The van der Waals surface area contributed by atoms with Crippen LogP contribution in [-0.2, 0) is 9.59 Å². The predicted octanol–water partition coefficient (Wildman–Crippen LogP) is 0.586. The third kappa shape index (κ3) is 5.04. The minimum Gasteiger partial charge on any atom is -0.341 e. The lowest BCUT2D eigenvalue weighted by molar-refractivity contribution is -0.138. The van der Waals surface area contributed by atoms with Crippen LogP contribution in [0, 0.1) is 0 Å². The van der Waals surface area contributed by atoms with Crippen LogP contribution in [0.15, 0.2) is 0 Å². The summed E-state index contributed by atoms with van der Waals surface area (Å²) in [4.78, 5) is 27.0. The van der Waals surface area contributed by atoms with Crippen molar-refractivity contribution in [1.82, 2.24) is 9.80 Å². The molecule has 0 aromatic heterocycles. The van der Waals surface area contributed by atoms with Crippen LogP contribution >= 0.6 is 0 Å². The van der Waals surface area contributed by atoms with Gasteiger partial charge in [-0.25, -0.2) is 0 Å². The van der Waals surface area contributed by atoms with Crippen LogP contribution in [-0.4, -0.2) is 54.8 Å². The molecule has 0 radical (unpaired) electrons. The van der Waals surface area contributed by atoms with Crippen LogP contribution in [0.5, 0.6) is 0 Å². The summed E-state index contributed by atoms with van der Waals surface area (Å²) >= 11 is 0. The summed E-state index contributed by atoms with van der Waals surface area (Å²) < 4.78 is 0. The third-order valence-corrected chi connectivity index (χ3v) is 3.35. The highest BCUT2D eigenvalue weighted by atomic mass is 16.2. The predicted molar refractivity (Wildman–Crippen MR) is 71.0 cm³/mol. The zero-order valence-corrected chi connectivity index (χ0v) is 11.4. The number of rotatable bonds is 7. The monoisotopic (exact) mass is 255 g/mol. The van der Waals surface area contributed by atoms with Crippen molar-refractivity contribution in [3.63, 3.8) is 0 Å². The molecular weight excluding hydrogens is 230 g/mol. The number of hydrogen-bond acceptors (Lipinski definition) is 3. The van der Waals surface area contributed by atoms with Gasteiger partial charge >= 0.3 is 0 Å². The largest absolute Gasteiger partial charge is 0.341 e. The Hall–Kier alpha value is -1.10. The molecule has 1 saturated heterocycles. The summed E-state index contributed by atoms with van der Waals surface area (Å²) in [6.45, 7) is 2.59. The molecule has 1 heterocycles. The van der Waals surface area contributed by atoms with Gasteiger partial charge in [-0.2, -0.15) is 0 Å². The van der Waals surface area contributed by atoms with E-state index >= 15 is 0 Å². The second-order valence-corrected chi connectivity index (χ2v) is 4.94. The standard InChI is InChI=1S/C13H25N3O2/c1-15(12(17)7-3-2-4-8-14)11-13(18)16-9-5-6-10-16/h2-11,14H2,1H3. The molecule has 0 saturated carbocycles. The molecular formula is C13H25N3O2. The van der Waals surface area contributed by atoms with E-state index in [1.165, 1.54) is 0 Å². The van der Waals surface area contributed by atoms with Crippen LogP contribution in [0.25, 0.3) is 0 Å². The first-order valence-corrected chi connectivity index (χ1v) is 6.87. The number of nitrogens with two attached hydrogens (primary N) is 1. The van der Waals surface area contributed by atoms with Gasteiger partial charge < -0.3 is 15.5 Å². The zero-order valence-electron chi connectivity index (χ0n) is 11.4. The van der Waals surface area contributed by atoms with E-state index in [9.17, 15) is 9.59 Å². The highest BCUT2D eigenvalue weighted by molar-refractivity contribution is 5.84. The summed E-state index contributed by atoms with van der Waals surface area (Å²) in [5.74, 6) is 0.130. The molecule has 2 N–H and O–H groups in total. The lowest BCUT2D eigenvalue weighted by atomic mass is 10.2. The van der Waals surface area contributed by atoms with Crippen molar-refractivity contribution in [2.75, 3.05) is 33.2 Å². The summed E-state index contributed by atoms with van der Waals surface area (Å²) in [6.07, 6.45) is 5.49. The second kappa shape index (κ2) is 8.08. The van der Waals surface area contributed by atoms with Gasteiger partial charge in [-0.15, -0.1) is 0 Å². The van der Waals surface area contributed by atoms with Crippen molar-refractivity contribution in [2.24, 2.45) is 5.73 Å². The third-order valence-electron chi connectivity index (χ3n) is 3.35. The van der Waals surface area contributed by atoms with Gasteiger partial charge in [0.05, 0.1) is 6.54 Å². The molecule has 5 heteroatoms. The van der Waals surface area contributed by atoms with E-state index in [0.717, 1.165) is 45.2 Å². The second-order valence-electron chi connectivity index (χ2n) is 4.94. The summed E-state index contributed by atoms with van der Waals surface area (Å²) in [5, 5.41) is 0. The van der Waals surface area contributed by atoms with E-state index in [4.69, 9.17) is 5.73 Å². The Morgan fingerprint density at radius 1 is 1.17 bits per heavy atom. The maximum absolute atomic E-state index is 11.9. The number of amides is 2. The Morgan fingerprint density at radius 3 is 2.44 bits per heavy atom. The molecule has 1 aliphatic rings. The summed E-state index contributed by atoms with van der Waals surface area (Å²) in [6, 6.07) is 0. The van der Waals surface area contributed by atoms with Crippen molar-refractivity contribution >= 4 is 11.8 Å². The van der Waals surface area contributed by atoms with Gasteiger partial charge in [-0.05, 0) is 32.2 Å². The van der Waals surface area contributed by atoms with Crippen molar-refractivity contribution in [3.05, 3.63) is 0 Å². The van der Waals surface area contributed by atoms with Crippen LogP contribution in [0.1, 0.15) is 38.5 Å². The van der Waals surface area contributed by atoms with Gasteiger partial charge in [0.2, 0.25) is 11.8 Å². The van der Waals surface area contributed by atoms with Crippen LogP contribution < -0.4 is 5.73 Å². The molecule has 1 aliphatic heterocycles. The fourth-order valence-electron chi connectivity index (χ4n) is 2.15. The quantitative estimate of drug-likeness (QED) is 0.677. The Kier molecular flexibility index (Phi) is 6.72. The van der Waals surface area contributed by atoms with Crippen LogP contribution in [0.4, 0.5) is 0 Å². The van der Waals surface area contributed by atoms with E-state index in [-0.39, 0.29) is 18.4 Å².